The van der Waals surface area contributed by atoms with E-state index in [2.05, 4.69) is 5.32 Å². The molecule has 0 radical (unpaired) electrons. The molecule has 1 N–H and O–H groups in total. The molecular formula is C29H28Cl2N4O2. The number of hydrogen-bond acceptors (Lipinski definition) is 3. The Hall–Kier alpha value is -3.61. The van der Waals surface area contributed by atoms with E-state index in [0.717, 1.165) is 11.3 Å². The molecule has 0 aliphatic heterocycles. The van der Waals surface area contributed by atoms with Gasteiger partial charge in [0.25, 0.3) is 5.91 Å². The number of hydrogen-bond donors (Lipinski definition) is 1. The fraction of sp³-hybridized carbons (Fsp3) is 0.207. The van der Waals surface area contributed by atoms with E-state index in [0.29, 0.717) is 27.1 Å². The van der Waals surface area contributed by atoms with Crippen molar-refractivity contribution in [3.8, 4) is 5.69 Å². The van der Waals surface area contributed by atoms with Crippen LogP contribution in [0.2, 0.25) is 10.0 Å². The molecule has 1 aromatic heterocycles. The van der Waals surface area contributed by atoms with Crippen molar-refractivity contribution in [3.05, 3.63) is 112 Å². The fourth-order valence-corrected chi connectivity index (χ4v) is 4.12. The molecule has 37 heavy (non-hydrogen) atoms. The summed E-state index contributed by atoms with van der Waals surface area (Å²) in [6, 6.07) is 25.3. The number of halogens is 2. The maximum Gasteiger partial charge on any atom is 0.254 e. The molecular weight excluding hydrogens is 507 g/mol. The first-order valence-electron chi connectivity index (χ1n) is 11.9. The van der Waals surface area contributed by atoms with Gasteiger partial charge in [0.15, 0.2) is 0 Å². The number of nitrogens with one attached hydrogen (secondary N) is 1. The van der Waals surface area contributed by atoms with Crippen LogP contribution >= 0.6 is 23.2 Å². The lowest BCUT2D eigenvalue weighted by atomic mass is 9.92. The number of nitrogens with zero attached hydrogens (tertiary/aromatic N) is 3. The van der Waals surface area contributed by atoms with Gasteiger partial charge < -0.3 is 10.2 Å². The third-order valence-corrected chi connectivity index (χ3v) is 6.33. The Labute approximate surface area is 226 Å². The summed E-state index contributed by atoms with van der Waals surface area (Å²) in [7, 11) is 0. The SMILES string of the molecule is CC(C)(C)c1cc(NC(=O)CN(Cc2ccccc2)C(=O)c2ccc(Cl)cc2)n(-c2ccccc2Cl)n1. The molecule has 1 heterocycles. The second kappa shape index (κ2) is 11.2. The number of amides is 2. The van der Waals surface area contributed by atoms with Crippen molar-refractivity contribution in [1.82, 2.24) is 14.7 Å². The summed E-state index contributed by atoms with van der Waals surface area (Å²) in [5.41, 5.74) is 2.54. The van der Waals surface area contributed by atoms with Gasteiger partial charge in [0.1, 0.15) is 12.4 Å². The first-order valence-corrected chi connectivity index (χ1v) is 12.6. The van der Waals surface area contributed by atoms with Crippen LogP contribution in [-0.2, 0) is 16.8 Å². The molecule has 0 saturated carbocycles. The van der Waals surface area contributed by atoms with Gasteiger partial charge in [-0.2, -0.15) is 5.10 Å². The van der Waals surface area contributed by atoms with Crippen LogP contribution in [0.1, 0.15) is 42.4 Å². The second-order valence-electron chi connectivity index (χ2n) is 9.73. The predicted octanol–water partition coefficient (Wildman–Crippen LogP) is 6.76. The van der Waals surface area contributed by atoms with E-state index in [9.17, 15) is 9.59 Å². The first kappa shape index (κ1) is 26.5. The molecule has 0 saturated heterocycles. The van der Waals surface area contributed by atoms with Gasteiger partial charge in [-0.25, -0.2) is 4.68 Å². The molecule has 4 aromatic rings. The molecule has 3 aromatic carbocycles. The molecule has 0 fully saturated rings. The summed E-state index contributed by atoms with van der Waals surface area (Å²) in [6.07, 6.45) is 0. The average Bonchev–Trinajstić information content (AvgIpc) is 3.28. The number of aromatic nitrogens is 2. The van der Waals surface area contributed by atoms with Gasteiger partial charge >= 0.3 is 0 Å². The minimum Gasteiger partial charge on any atom is -0.325 e. The van der Waals surface area contributed by atoms with Gasteiger partial charge in [0, 0.05) is 28.6 Å². The van der Waals surface area contributed by atoms with Crippen molar-refractivity contribution < 1.29 is 9.59 Å². The molecule has 0 atom stereocenters. The minimum absolute atomic E-state index is 0.158. The highest BCUT2D eigenvalue weighted by molar-refractivity contribution is 6.32. The van der Waals surface area contributed by atoms with Gasteiger partial charge in [0.05, 0.1) is 16.4 Å². The number of rotatable bonds is 7. The van der Waals surface area contributed by atoms with Crippen LogP contribution in [0.4, 0.5) is 5.82 Å². The molecule has 4 rings (SSSR count). The van der Waals surface area contributed by atoms with Crippen LogP contribution in [0, 0.1) is 0 Å². The van der Waals surface area contributed by atoms with Crippen molar-refractivity contribution in [1.29, 1.82) is 0 Å². The average molecular weight is 535 g/mol. The third-order valence-electron chi connectivity index (χ3n) is 5.76. The minimum atomic E-state index is -0.355. The van der Waals surface area contributed by atoms with Gasteiger partial charge in [0.2, 0.25) is 5.91 Å². The van der Waals surface area contributed by atoms with Gasteiger partial charge in [-0.15, -0.1) is 0 Å². The number of carbonyl (C=O) groups is 2. The predicted molar refractivity (Wildman–Crippen MR) is 149 cm³/mol. The molecule has 0 aliphatic rings. The Kier molecular flexibility index (Phi) is 8.00. The van der Waals surface area contributed by atoms with E-state index in [1.54, 1.807) is 35.0 Å². The lowest BCUT2D eigenvalue weighted by Gasteiger charge is -2.23. The topological polar surface area (TPSA) is 67.2 Å². The smallest absolute Gasteiger partial charge is 0.254 e. The molecule has 190 valence electrons. The molecule has 6 nitrogen and oxygen atoms in total. The highest BCUT2D eigenvalue weighted by atomic mass is 35.5. The highest BCUT2D eigenvalue weighted by Gasteiger charge is 2.24. The van der Waals surface area contributed by atoms with Gasteiger partial charge in [-0.1, -0.05) is 86.4 Å². The summed E-state index contributed by atoms with van der Waals surface area (Å²) in [5, 5.41) is 8.71. The molecule has 0 aliphatic carbocycles. The first-order chi connectivity index (χ1) is 17.6. The van der Waals surface area contributed by atoms with Crippen LogP contribution in [0.5, 0.6) is 0 Å². The monoisotopic (exact) mass is 534 g/mol. The summed E-state index contributed by atoms with van der Waals surface area (Å²) in [6.45, 7) is 6.25. The normalized spacial score (nSPS) is 11.3. The lowest BCUT2D eigenvalue weighted by molar-refractivity contribution is -0.117. The van der Waals surface area contributed by atoms with E-state index in [-0.39, 0.29) is 30.3 Å². The zero-order valence-electron chi connectivity index (χ0n) is 20.9. The van der Waals surface area contributed by atoms with Gasteiger partial charge in [-0.05, 0) is 42.0 Å². The van der Waals surface area contributed by atoms with E-state index < -0.39 is 0 Å². The summed E-state index contributed by atoms with van der Waals surface area (Å²) < 4.78 is 1.63. The molecule has 8 heteroatoms. The van der Waals surface area contributed by atoms with Crippen molar-refractivity contribution in [2.75, 3.05) is 11.9 Å². The van der Waals surface area contributed by atoms with Crippen molar-refractivity contribution in [2.24, 2.45) is 0 Å². The number of para-hydroxylation sites is 1. The van der Waals surface area contributed by atoms with E-state index in [4.69, 9.17) is 28.3 Å². The van der Waals surface area contributed by atoms with E-state index in [1.165, 1.54) is 4.90 Å². The summed E-state index contributed by atoms with van der Waals surface area (Å²) >= 11 is 12.5. The van der Waals surface area contributed by atoms with Crippen LogP contribution < -0.4 is 5.32 Å². The molecule has 2 amide bonds. The van der Waals surface area contributed by atoms with E-state index in [1.807, 2.05) is 75.4 Å². The van der Waals surface area contributed by atoms with Crippen molar-refractivity contribution in [3.63, 3.8) is 0 Å². The van der Waals surface area contributed by atoms with Crippen molar-refractivity contribution in [2.45, 2.75) is 32.7 Å². The summed E-state index contributed by atoms with van der Waals surface area (Å²) in [5.74, 6) is -0.154. The third kappa shape index (κ3) is 6.59. The quantitative estimate of drug-likeness (QED) is 0.285. The summed E-state index contributed by atoms with van der Waals surface area (Å²) in [4.78, 5) is 28.2. The van der Waals surface area contributed by atoms with Crippen LogP contribution in [0.15, 0.2) is 84.9 Å². The van der Waals surface area contributed by atoms with Crippen LogP contribution in [-0.4, -0.2) is 33.0 Å². The van der Waals surface area contributed by atoms with Gasteiger partial charge in [-0.3, -0.25) is 9.59 Å². The molecule has 0 bridgehead atoms. The maximum atomic E-state index is 13.4. The Morgan fingerprint density at radius 1 is 0.919 bits per heavy atom. The largest absolute Gasteiger partial charge is 0.325 e. The Bertz CT molecular complexity index is 1390. The Morgan fingerprint density at radius 3 is 2.22 bits per heavy atom. The zero-order valence-corrected chi connectivity index (χ0v) is 22.4. The van der Waals surface area contributed by atoms with E-state index >= 15 is 0 Å². The Balaban J connectivity index is 1.62. The second-order valence-corrected chi connectivity index (χ2v) is 10.6. The van der Waals surface area contributed by atoms with Crippen molar-refractivity contribution >= 4 is 40.8 Å². The Morgan fingerprint density at radius 2 is 1.57 bits per heavy atom. The molecule has 0 spiro atoms. The highest BCUT2D eigenvalue weighted by Crippen LogP contribution is 2.29. The number of anilines is 1. The maximum absolute atomic E-state index is 13.4. The molecule has 0 unspecified atom stereocenters. The lowest BCUT2D eigenvalue weighted by Crippen LogP contribution is -2.37. The van der Waals surface area contributed by atoms with Crippen LogP contribution in [0.3, 0.4) is 0 Å². The zero-order chi connectivity index (χ0) is 26.6. The standard InChI is InChI=1S/C29H28Cl2N4O2/c1-29(2,3)25-17-26(35(33-25)24-12-8-7-11-23(24)31)32-27(36)19-34(18-20-9-5-4-6-10-20)28(37)21-13-15-22(30)16-14-21/h4-17H,18-19H2,1-3H3,(H,32,36). The fourth-order valence-electron chi connectivity index (χ4n) is 3.78. The number of benzene rings is 3. The van der Waals surface area contributed by atoms with Crippen LogP contribution in [0.25, 0.3) is 5.69 Å². The number of carbonyl (C=O) groups excluding carboxylic acids is 2.